The summed E-state index contributed by atoms with van der Waals surface area (Å²) in [5.74, 6) is -0.991. The Bertz CT molecular complexity index is 833. The van der Waals surface area contributed by atoms with E-state index in [1.54, 1.807) is 18.2 Å². The molecule has 0 fully saturated rings. The number of esters is 1. The smallest absolute Gasteiger partial charge is 0.374 e. The predicted octanol–water partition coefficient (Wildman–Crippen LogP) is 3.54. The number of para-hydroxylation sites is 1. The Morgan fingerprint density at radius 1 is 1.09 bits per heavy atom. The van der Waals surface area contributed by atoms with Crippen LogP contribution in [-0.2, 0) is 9.53 Å². The Kier molecular flexibility index (Phi) is 4.10. The standard InChI is InChI=1S/C18H15NO4/c1-12-5-4-7-14(9-12)19-17(20)11-22-18(21)16-10-13-6-2-3-8-15(13)23-16/h2-10H,11H2,1H3,(H,19,20). The first kappa shape index (κ1) is 14.8. The second-order valence-electron chi connectivity index (χ2n) is 5.14. The molecule has 0 unspecified atom stereocenters. The molecule has 0 aliphatic carbocycles. The van der Waals surface area contributed by atoms with Crippen molar-refractivity contribution in [1.29, 1.82) is 0 Å². The second-order valence-corrected chi connectivity index (χ2v) is 5.14. The maximum atomic E-state index is 11.9. The van der Waals surface area contributed by atoms with Gasteiger partial charge in [-0.25, -0.2) is 4.79 Å². The SMILES string of the molecule is Cc1cccc(NC(=O)COC(=O)c2cc3ccccc3o2)c1. The highest BCUT2D eigenvalue weighted by Crippen LogP contribution is 2.19. The molecule has 3 aromatic rings. The molecule has 1 N–H and O–H groups in total. The third kappa shape index (κ3) is 3.58. The van der Waals surface area contributed by atoms with E-state index < -0.39 is 11.9 Å². The molecule has 0 atom stereocenters. The van der Waals surface area contributed by atoms with Gasteiger partial charge >= 0.3 is 5.97 Å². The van der Waals surface area contributed by atoms with Crippen LogP contribution in [0.5, 0.6) is 0 Å². The van der Waals surface area contributed by atoms with E-state index in [4.69, 9.17) is 9.15 Å². The fourth-order valence-corrected chi connectivity index (χ4v) is 2.20. The summed E-state index contributed by atoms with van der Waals surface area (Å²) >= 11 is 0. The Balaban J connectivity index is 1.59. The first-order valence-electron chi connectivity index (χ1n) is 7.14. The fourth-order valence-electron chi connectivity index (χ4n) is 2.20. The summed E-state index contributed by atoms with van der Waals surface area (Å²) in [5.41, 5.74) is 2.29. The van der Waals surface area contributed by atoms with Crippen LogP contribution in [0.15, 0.2) is 59.0 Å². The van der Waals surface area contributed by atoms with Gasteiger partial charge in [0.05, 0.1) is 0 Å². The number of nitrogens with one attached hydrogen (secondary N) is 1. The Morgan fingerprint density at radius 3 is 2.70 bits per heavy atom. The molecule has 0 spiro atoms. The lowest BCUT2D eigenvalue weighted by Crippen LogP contribution is -2.20. The van der Waals surface area contributed by atoms with Gasteiger partial charge in [0, 0.05) is 11.1 Å². The van der Waals surface area contributed by atoms with Crippen molar-refractivity contribution in [3.05, 3.63) is 65.9 Å². The summed E-state index contributed by atoms with van der Waals surface area (Å²) in [6.07, 6.45) is 0. The van der Waals surface area contributed by atoms with Crippen molar-refractivity contribution in [2.45, 2.75) is 6.92 Å². The van der Waals surface area contributed by atoms with Crippen molar-refractivity contribution in [2.24, 2.45) is 0 Å². The van der Waals surface area contributed by atoms with E-state index in [0.29, 0.717) is 11.3 Å². The number of anilines is 1. The highest BCUT2D eigenvalue weighted by atomic mass is 16.5. The molecule has 0 radical (unpaired) electrons. The number of amides is 1. The molecule has 0 saturated heterocycles. The van der Waals surface area contributed by atoms with Gasteiger partial charge in [-0.3, -0.25) is 4.79 Å². The van der Waals surface area contributed by atoms with Gasteiger partial charge in [0.25, 0.3) is 5.91 Å². The molecule has 0 aliphatic heterocycles. The number of rotatable bonds is 4. The van der Waals surface area contributed by atoms with Crippen molar-refractivity contribution in [3.8, 4) is 0 Å². The van der Waals surface area contributed by atoms with Gasteiger partial charge in [0.15, 0.2) is 6.61 Å². The zero-order valence-electron chi connectivity index (χ0n) is 12.5. The normalized spacial score (nSPS) is 10.5. The average molecular weight is 309 g/mol. The van der Waals surface area contributed by atoms with Crippen molar-refractivity contribution < 1.29 is 18.7 Å². The minimum atomic E-state index is -0.666. The van der Waals surface area contributed by atoms with Gasteiger partial charge in [-0.15, -0.1) is 0 Å². The number of carbonyl (C=O) groups is 2. The summed E-state index contributed by atoms with van der Waals surface area (Å²) in [4.78, 5) is 23.7. The number of ether oxygens (including phenoxy) is 1. The van der Waals surface area contributed by atoms with Gasteiger partial charge in [0.2, 0.25) is 5.76 Å². The quantitative estimate of drug-likeness (QED) is 0.748. The molecule has 2 aromatic carbocycles. The largest absolute Gasteiger partial charge is 0.450 e. The number of hydrogen-bond donors (Lipinski definition) is 1. The third-order valence-corrected chi connectivity index (χ3v) is 3.26. The van der Waals surface area contributed by atoms with E-state index in [-0.39, 0.29) is 12.4 Å². The molecule has 23 heavy (non-hydrogen) atoms. The Hall–Kier alpha value is -3.08. The monoisotopic (exact) mass is 309 g/mol. The minimum Gasteiger partial charge on any atom is -0.450 e. The highest BCUT2D eigenvalue weighted by molar-refractivity contribution is 5.96. The van der Waals surface area contributed by atoms with Crippen molar-refractivity contribution in [3.63, 3.8) is 0 Å². The number of carbonyl (C=O) groups excluding carboxylic acids is 2. The Morgan fingerprint density at radius 2 is 1.91 bits per heavy atom. The number of furan rings is 1. The molecule has 116 valence electrons. The van der Waals surface area contributed by atoms with E-state index in [9.17, 15) is 9.59 Å². The third-order valence-electron chi connectivity index (χ3n) is 3.26. The maximum absolute atomic E-state index is 11.9. The van der Waals surface area contributed by atoms with Gasteiger partial charge in [-0.05, 0) is 36.8 Å². The summed E-state index contributed by atoms with van der Waals surface area (Å²) in [5, 5.41) is 3.48. The van der Waals surface area contributed by atoms with E-state index in [1.165, 1.54) is 0 Å². The van der Waals surface area contributed by atoms with Crippen molar-refractivity contribution in [1.82, 2.24) is 0 Å². The second kappa shape index (κ2) is 6.36. The molecule has 1 heterocycles. The van der Waals surface area contributed by atoms with E-state index in [2.05, 4.69) is 5.32 Å². The van der Waals surface area contributed by atoms with E-state index in [0.717, 1.165) is 10.9 Å². The van der Waals surface area contributed by atoms with Crippen molar-refractivity contribution in [2.75, 3.05) is 11.9 Å². The minimum absolute atomic E-state index is 0.0783. The molecule has 3 rings (SSSR count). The molecule has 0 saturated carbocycles. The topological polar surface area (TPSA) is 68.5 Å². The lowest BCUT2D eigenvalue weighted by atomic mass is 10.2. The van der Waals surface area contributed by atoms with Crippen LogP contribution >= 0.6 is 0 Å². The van der Waals surface area contributed by atoms with Gasteiger partial charge in [-0.2, -0.15) is 0 Å². The molecule has 0 aliphatic rings. The molecule has 1 aromatic heterocycles. The molecule has 5 nitrogen and oxygen atoms in total. The van der Waals surface area contributed by atoms with Crippen LogP contribution in [0.3, 0.4) is 0 Å². The maximum Gasteiger partial charge on any atom is 0.374 e. The molecule has 5 heteroatoms. The predicted molar refractivity (Wildman–Crippen MR) is 86.3 cm³/mol. The number of aryl methyl sites for hydroxylation is 1. The van der Waals surface area contributed by atoms with E-state index in [1.807, 2.05) is 43.3 Å². The number of fused-ring (bicyclic) bond motifs is 1. The molecule has 0 bridgehead atoms. The van der Waals surface area contributed by atoms with Crippen LogP contribution in [0.1, 0.15) is 16.1 Å². The first-order chi connectivity index (χ1) is 11.1. The fraction of sp³-hybridized carbons (Fsp3) is 0.111. The Labute approximate surface area is 132 Å². The zero-order valence-corrected chi connectivity index (χ0v) is 12.5. The van der Waals surface area contributed by atoms with Crippen LogP contribution in [0.4, 0.5) is 5.69 Å². The first-order valence-corrected chi connectivity index (χ1v) is 7.14. The van der Waals surface area contributed by atoms with Crippen LogP contribution in [-0.4, -0.2) is 18.5 Å². The number of benzene rings is 2. The van der Waals surface area contributed by atoms with Crippen LogP contribution in [0.2, 0.25) is 0 Å². The van der Waals surface area contributed by atoms with Gasteiger partial charge < -0.3 is 14.5 Å². The van der Waals surface area contributed by atoms with Gasteiger partial charge in [0.1, 0.15) is 5.58 Å². The van der Waals surface area contributed by atoms with Crippen molar-refractivity contribution >= 4 is 28.5 Å². The lowest BCUT2D eigenvalue weighted by molar-refractivity contribution is -0.119. The van der Waals surface area contributed by atoms with Crippen LogP contribution in [0, 0.1) is 6.92 Å². The summed E-state index contributed by atoms with van der Waals surface area (Å²) in [7, 11) is 0. The van der Waals surface area contributed by atoms with Gasteiger partial charge in [-0.1, -0.05) is 30.3 Å². The average Bonchev–Trinajstić information content (AvgIpc) is 2.97. The van der Waals surface area contributed by atoms with Crippen LogP contribution in [0.25, 0.3) is 11.0 Å². The number of hydrogen-bond acceptors (Lipinski definition) is 4. The molecule has 1 amide bonds. The summed E-state index contributed by atoms with van der Waals surface area (Å²) in [6.45, 7) is 1.56. The molecular weight excluding hydrogens is 294 g/mol. The summed E-state index contributed by atoms with van der Waals surface area (Å²) in [6, 6.07) is 16.2. The lowest BCUT2D eigenvalue weighted by Gasteiger charge is -2.06. The van der Waals surface area contributed by atoms with E-state index >= 15 is 0 Å². The zero-order chi connectivity index (χ0) is 16.2. The van der Waals surface area contributed by atoms with Crippen LogP contribution < -0.4 is 5.32 Å². The highest BCUT2D eigenvalue weighted by Gasteiger charge is 2.15. The summed E-state index contributed by atoms with van der Waals surface area (Å²) < 4.78 is 10.4. The molecular formula is C18H15NO4.